The van der Waals surface area contributed by atoms with Crippen molar-refractivity contribution in [2.75, 3.05) is 0 Å². The van der Waals surface area contributed by atoms with E-state index in [0.717, 1.165) is 11.3 Å². The zero-order chi connectivity index (χ0) is 27.6. The van der Waals surface area contributed by atoms with E-state index >= 15 is 0 Å². The quantitative estimate of drug-likeness (QED) is 0.202. The highest BCUT2D eigenvalue weighted by atomic mass is 14.7. The zero-order valence-corrected chi connectivity index (χ0v) is 22.9. The lowest BCUT2D eigenvalue weighted by atomic mass is 9.91. The summed E-state index contributed by atoms with van der Waals surface area (Å²) in [5.41, 5.74) is 4.48. The monoisotopic (exact) mass is 531 g/mol. The molecule has 9 aromatic rings. The van der Waals surface area contributed by atoms with Crippen molar-refractivity contribution < 1.29 is 0 Å². The molecule has 0 aliphatic rings. The molecule has 0 aliphatic heterocycles. The van der Waals surface area contributed by atoms with Gasteiger partial charge < -0.3 is 0 Å². The van der Waals surface area contributed by atoms with Crippen LogP contribution in [0.5, 0.6) is 0 Å². The molecule has 0 unspecified atom stereocenters. The summed E-state index contributed by atoms with van der Waals surface area (Å²) in [6.07, 6.45) is 1.94. The second-order valence-corrected chi connectivity index (χ2v) is 11.1. The van der Waals surface area contributed by atoms with Gasteiger partial charge in [-0.3, -0.25) is 4.98 Å². The zero-order valence-electron chi connectivity index (χ0n) is 22.9. The molecule has 0 amide bonds. The van der Waals surface area contributed by atoms with Crippen molar-refractivity contribution in [3.05, 3.63) is 152 Å². The highest BCUT2D eigenvalue weighted by Gasteiger charge is 2.12. The van der Waals surface area contributed by atoms with Gasteiger partial charge >= 0.3 is 0 Å². The molecule has 0 bridgehead atoms. The third kappa shape index (κ3) is 3.41. The van der Waals surface area contributed by atoms with Gasteiger partial charge in [-0.05, 0) is 100 Å². The minimum Gasteiger partial charge on any atom is -0.256 e. The van der Waals surface area contributed by atoms with Crippen molar-refractivity contribution in [1.29, 1.82) is 0 Å². The summed E-state index contributed by atoms with van der Waals surface area (Å²) in [6.45, 7) is 0. The van der Waals surface area contributed by atoms with E-state index in [0.29, 0.717) is 0 Å². The molecule has 0 N–H and O–H groups in total. The Morgan fingerprint density at radius 1 is 0.262 bits per heavy atom. The van der Waals surface area contributed by atoms with Crippen molar-refractivity contribution in [3.63, 3.8) is 0 Å². The minimum absolute atomic E-state index is 0.982. The number of rotatable bonds is 2. The largest absolute Gasteiger partial charge is 0.256 e. The Labute approximate surface area is 243 Å². The molecule has 1 aromatic heterocycles. The number of fused-ring (bicyclic) bond motifs is 12. The SMILES string of the molecule is c1ccc2c(c1)c1ccccc1c1cc(-c3ccnc(-c4ccc5c6ccccc6c6ccccc6c5c4)c3)ccc21. The predicted molar refractivity (Wildman–Crippen MR) is 180 cm³/mol. The third-order valence-electron chi connectivity index (χ3n) is 8.88. The molecule has 1 nitrogen and oxygen atoms in total. The van der Waals surface area contributed by atoms with Crippen molar-refractivity contribution in [1.82, 2.24) is 4.98 Å². The van der Waals surface area contributed by atoms with Crippen LogP contribution in [0.1, 0.15) is 0 Å². The Morgan fingerprint density at radius 3 is 1.05 bits per heavy atom. The molecule has 0 spiro atoms. The first kappa shape index (κ1) is 23.2. The Kier molecular flexibility index (Phi) is 4.97. The lowest BCUT2D eigenvalue weighted by Crippen LogP contribution is -1.88. The second-order valence-electron chi connectivity index (χ2n) is 11.1. The lowest BCUT2D eigenvalue weighted by molar-refractivity contribution is 1.33. The number of hydrogen-bond donors (Lipinski definition) is 0. The second kappa shape index (κ2) is 8.99. The van der Waals surface area contributed by atoms with Crippen LogP contribution in [0.2, 0.25) is 0 Å². The van der Waals surface area contributed by atoms with Crippen LogP contribution < -0.4 is 0 Å². The van der Waals surface area contributed by atoms with E-state index < -0.39 is 0 Å². The maximum Gasteiger partial charge on any atom is 0.0708 e. The maximum atomic E-state index is 4.84. The van der Waals surface area contributed by atoms with Gasteiger partial charge in [0.05, 0.1) is 5.69 Å². The fourth-order valence-corrected chi connectivity index (χ4v) is 6.92. The number of hydrogen-bond acceptors (Lipinski definition) is 1. The molecule has 0 fully saturated rings. The van der Waals surface area contributed by atoms with Gasteiger partial charge in [-0.15, -0.1) is 0 Å². The fraction of sp³-hybridized carbons (Fsp3) is 0. The van der Waals surface area contributed by atoms with Crippen LogP contribution in [0.3, 0.4) is 0 Å². The first-order chi connectivity index (χ1) is 20.8. The van der Waals surface area contributed by atoms with Gasteiger partial charge in [0.2, 0.25) is 0 Å². The van der Waals surface area contributed by atoms with Crippen LogP contribution in [0.4, 0.5) is 0 Å². The van der Waals surface area contributed by atoms with Crippen LogP contribution >= 0.6 is 0 Å². The van der Waals surface area contributed by atoms with Crippen molar-refractivity contribution in [3.8, 4) is 22.4 Å². The van der Waals surface area contributed by atoms with Crippen LogP contribution in [0.15, 0.2) is 152 Å². The lowest BCUT2D eigenvalue weighted by Gasteiger charge is -2.13. The summed E-state index contributed by atoms with van der Waals surface area (Å²) in [7, 11) is 0. The normalized spacial score (nSPS) is 11.8. The number of aromatic nitrogens is 1. The maximum absolute atomic E-state index is 4.84. The van der Waals surface area contributed by atoms with Gasteiger partial charge in [0.25, 0.3) is 0 Å². The van der Waals surface area contributed by atoms with E-state index in [2.05, 4.69) is 146 Å². The molecule has 42 heavy (non-hydrogen) atoms. The standard InChI is InChI=1S/C41H25N/c1-3-13-33-29(9-1)31-11-5-7-15-35(31)39-23-26(17-19-37(33)39)27-21-22-42-41(25-27)28-18-20-38-34-14-4-2-10-30(34)32-12-6-8-16-36(32)40(38)24-28/h1-25H. The highest BCUT2D eigenvalue weighted by Crippen LogP contribution is 2.39. The molecule has 1 heterocycles. The molecule has 9 rings (SSSR count). The van der Waals surface area contributed by atoms with Gasteiger partial charge in [-0.1, -0.05) is 121 Å². The van der Waals surface area contributed by atoms with Gasteiger partial charge in [0, 0.05) is 11.8 Å². The predicted octanol–water partition coefficient (Wildman–Crippen LogP) is 11.3. The number of nitrogens with zero attached hydrogens (tertiary/aromatic N) is 1. The molecule has 0 atom stereocenters. The topological polar surface area (TPSA) is 12.9 Å². The average Bonchev–Trinajstić information content (AvgIpc) is 3.08. The number of benzene rings is 8. The Bertz CT molecular complexity index is 2280. The molecular weight excluding hydrogens is 506 g/mol. The van der Waals surface area contributed by atoms with Crippen LogP contribution in [0.25, 0.3) is 87.0 Å². The summed E-state index contributed by atoms with van der Waals surface area (Å²) < 4.78 is 0. The first-order valence-electron chi connectivity index (χ1n) is 14.5. The minimum atomic E-state index is 0.982. The Morgan fingerprint density at radius 2 is 0.595 bits per heavy atom. The molecular formula is C41H25N. The molecule has 8 aromatic carbocycles. The van der Waals surface area contributed by atoms with Crippen LogP contribution in [-0.2, 0) is 0 Å². The Balaban J connectivity index is 1.23. The summed E-state index contributed by atoms with van der Waals surface area (Å²) >= 11 is 0. The summed E-state index contributed by atoms with van der Waals surface area (Å²) in [5.74, 6) is 0. The summed E-state index contributed by atoms with van der Waals surface area (Å²) in [4.78, 5) is 4.84. The van der Waals surface area contributed by atoms with Crippen molar-refractivity contribution >= 4 is 64.6 Å². The smallest absolute Gasteiger partial charge is 0.0708 e. The molecule has 194 valence electrons. The summed E-state index contributed by atoms with van der Waals surface area (Å²) in [5, 5.41) is 15.4. The fourth-order valence-electron chi connectivity index (χ4n) is 6.92. The van der Waals surface area contributed by atoms with Crippen LogP contribution in [-0.4, -0.2) is 4.98 Å². The van der Waals surface area contributed by atoms with Gasteiger partial charge in [-0.25, -0.2) is 0 Å². The van der Waals surface area contributed by atoms with E-state index in [1.54, 1.807) is 0 Å². The van der Waals surface area contributed by atoms with E-state index in [1.165, 1.54) is 75.8 Å². The molecule has 0 aliphatic carbocycles. The third-order valence-corrected chi connectivity index (χ3v) is 8.88. The molecule has 0 saturated heterocycles. The van der Waals surface area contributed by atoms with Gasteiger partial charge in [-0.2, -0.15) is 0 Å². The first-order valence-corrected chi connectivity index (χ1v) is 14.5. The molecule has 0 radical (unpaired) electrons. The average molecular weight is 532 g/mol. The molecule has 1 heteroatoms. The molecule has 0 saturated carbocycles. The van der Waals surface area contributed by atoms with E-state index in [1.807, 2.05) is 6.20 Å². The van der Waals surface area contributed by atoms with Crippen molar-refractivity contribution in [2.24, 2.45) is 0 Å². The highest BCUT2D eigenvalue weighted by molar-refractivity contribution is 6.27. The summed E-state index contributed by atoms with van der Waals surface area (Å²) in [6, 6.07) is 53.0. The van der Waals surface area contributed by atoms with Gasteiger partial charge in [0.15, 0.2) is 0 Å². The van der Waals surface area contributed by atoms with Crippen LogP contribution in [0, 0.1) is 0 Å². The van der Waals surface area contributed by atoms with Crippen molar-refractivity contribution in [2.45, 2.75) is 0 Å². The number of pyridine rings is 1. The van der Waals surface area contributed by atoms with E-state index in [-0.39, 0.29) is 0 Å². The van der Waals surface area contributed by atoms with E-state index in [4.69, 9.17) is 4.98 Å². The van der Waals surface area contributed by atoms with E-state index in [9.17, 15) is 0 Å². The Hall–Kier alpha value is -5.53. The van der Waals surface area contributed by atoms with Gasteiger partial charge in [0.1, 0.15) is 0 Å².